The van der Waals surface area contributed by atoms with Crippen LogP contribution in [-0.2, 0) is 19.1 Å². The van der Waals surface area contributed by atoms with Gasteiger partial charge in [0.15, 0.2) is 0 Å². The van der Waals surface area contributed by atoms with Crippen molar-refractivity contribution in [3.8, 4) is 0 Å². The monoisotopic (exact) mass is 383 g/mol. The molecule has 5 nitrogen and oxygen atoms in total. The molecule has 0 N–H and O–H groups in total. The van der Waals surface area contributed by atoms with Crippen LogP contribution in [0.2, 0.25) is 5.02 Å². The van der Waals surface area contributed by atoms with E-state index in [1.54, 1.807) is 13.0 Å². The molecule has 1 aliphatic rings. The molecule has 0 spiro atoms. The van der Waals surface area contributed by atoms with E-state index in [0.29, 0.717) is 36.7 Å². The van der Waals surface area contributed by atoms with Crippen molar-refractivity contribution >= 4 is 36.2 Å². The zero-order valence-corrected chi connectivity index (χ0v) is 15.9. The third-order valence-corrected chi connectivity index (χ3v) is 5.02. The Hall–Kier alpha value is -1.50. The van der Waals surface area contributed by atoms with Crippen molar-refractivity contribution in [2.45, 2.75) is 24.6 Å². The summed E-state index contributed by atoms with van der Waals surface area (Å²) in [6, 6.07) is 6.56. The predicted octanol–water partition coefficient (Wildman–Crippen LogP) is 3.05. The zero-order valence-electron chi connectivity index (χ0n) is 14.3. The van der Waals surface area contributed by atoms with E-state index in [1.807, 2.05) is 23.1 Å². The first kappa shape index (κ1) is 19.8. The lowest BCUT2D eigenvalue weighted by Crippen LogP contribution is -2.42. The molecule has 1 fully saturated rings. The Morgan fingerprint density at radius 1 is 1.44 bits per heavy atom. The molecule has 0 amide bonds. The quantitative estimate of drug-likeness (QED) is 0.481. The highest BCUT2D eigenvalue weighted by Gasteiger charge is 2.34. The molecule has 0 radical (unpaired) electrons. The lowest BCUT2D eigenvalue weighted by atomic mass is 9.98. The smallest absolute Gasteiger partial charge is 0.330 e. The van der Waals surface area contributed by atoms with Gasteiger partial charge in [-0.05, 0) is 30.5 Å². The summed E-state index contributed by atoms with van der Waals surface area (Å²) in [6.07, 6.45) is 2.17. The number of ether oxygens (including phenoxy) is 2. The highest BCUT2D eigenvalue weighted by Crippen LogP contribution is 2.33. The van der Waals surface area contributed by atoms with E-state index in [9.17, 15) is 9.59 Å². The molecule has 2 unspecified atom stereocenters. The van der Waals surface area contributed by atoms with Gasteiger partial charge in [0.05, 0.1) is 13.7 Å². The van der Waals surface area contributed by atoms with Gasteiger partial charge >= 0.3 is 11.9 Å². The summed E-state index contributed by atoms with van der Waals surface area (Å²) in [5, 5.41) is 0.451. The highest BCUT2D eigenvalue weighted by atomic mass is 35.5. The Kier molecular flexibility index (Phi) is 7.35. The standard InChI is InChI=1S/C18H22ClNO4S/c1-3-24-16(21)10-12-11-20(9-8-15(12)25)17(18(22)23-2)13-6-4-5-7-14(13)19/h4-7,10,15,17,25H,3,8-9,11H2,1-2H3. The van der Waals surface area contributed by atoms with Crippen molar-refractivity contribution in [3.63, 3.8) is 0 Å². The Morgan fingerprint density at radius 3 is 2.80 bits per heavy atom. The molecule has 1 heterocycles. The van der Waals surface area contributed by atoms with Gasteiger partial charge in [0.2, 0.25) is 0 Å². The minimum Gasteiger partial charge on any atom is -0.468 e. The van der Waals surface area contributed by atoms with Crippen LogP contribution in [0.3, 0.4) is 0 Å². The van der Waals surface area contributed by atoms with Gasteiger partial charge in [-0.3, -0.25) is 4.90 Å². The molecule has 0 aliphatic carbocycles. The van der Waals surface area contributed by atoms with Crippen LogP contribution in [0.5, 0.6) is 0 Å². The summed E-state index contributed by atoms with van der Waals surface area (Å²) in [7, 11) is 1.35. The normalized spacial score (nSPS) is 21.0. The molecule has 1 aromatic rings. The highest BCUT2D eigenvalue weighted by molar-refractivity contribution is 7.81. The van der Waals surface area contributed by atoms with E-state index >= 15 is 0 Å². The van der Waals surface area contributed by atoms with E-state index < -0.39 is 12.0 Å². The number of methoxy groups -OCH3 is 1. The number of halogens is 1. The molecule has 136 valence electrons. The second-order valence-corrected chi connectivity index (χ2v) is 6.72. The molecule has 0 bridgehead atoms. The van der Waals surface area contributed by atoms with Crippen LogP contribution >= 0.6 is 24.2 Å². The maximum absolute atomic E-state index is 12.4. The average Bonchev–Trinajstić information content (AvgIpc) is 2.59. The molecule has 1 saturated heterocycles. The third kappa shape index (κ3) is 5.00. The Morgan fingerprint density at radius 2 is 2.16 bits per heavy atom. The molecule has 0 saturated carbocycles. The van der Waals surface area contributed by atoms with E-state index in [2.05, 4.69) is 12.6 Å². The lowest BCUT2D eigenvalue weighted by Gasteiger charge is -2.36. The molecule has 1 aliphatic heterocycles. The number of rotatable bonds is 5. The minimum atomic E-state index is -0.634. The number of piperidine rings is 1. The first-order valence-electron chi connectivity index (χ1n) is 8.09. The second kappa shape index (κ2) is 9.27. The maximum Gasteiger partial charge on any atom is 0.330 e. The number of carbonyl (C=O) groups excluding carboxylic acids is 2. The van der Waals surface area contributed by atoms with E-state index in [0.717, 1.165) is 5.57 Å². The number of carbonyl (C=O) groups is 2. The molecule has 2 atom stereocenters. The number of esters is 2. The number of hydrogen-bond acceptors (Lipinski definition) is 6. The van der Waals surface area contributed by atoms with Gasteiger partial charge in [0.1, 0.15) is 6.04 Å². The third-order valence-electron chi connectivity index (χ3n) is 4.08. The number of benzene rings is 1. The lowest BCUT2D eigenvalue weighted by molar-refractivity contribution is -0.147. The predicted molar refractivity (Wildman–Crippen MR) is 99.9 cm³/mol. The molecular weight excluding hydrogens is 362 g/mol. The number of thiol groups is 1. The number of likely N-dealkylation sites (tertiary alicyclic amines) is 1. The largest absolute Gasteiger partial charge is 0.468 e. The van der Waals surface area contributed by atoms with Crippen LogP contribution in [0.4, 0.5) is 0 Å². The van der Waals surface area contributed by atoms with Crippen molar-refractivity contribution in [3.05, 3.63) is 46.5 Å². The van der Waals surface area contributed by atoms with E-state index in [1.165, 1.54) is 13.2 Å². The van der Waals surface area contributed by atoms with Gasteiger partial charge in [0.25, 0.3) is 0 Å². The fourth-order valence-corrected chi connectivity index (χ4v) is 3.38. The summed E-state index contributed by atoms with van der Waals surface area (Å²) < 4.78 is 9.97. The SMILES string of the molecule is CCOC(=O)C=C1CN(C(C(=O)OC)c2ccccc2Cl)CCC1S. The van der Waals surface area contributed by atoms with Gasteiger partial charge in [-0.2, -0.15) is 12.6 Å². The van der Waals surface area contributed by atoms with Crippen molar-refractivity contribution < 1.29 is 19.1 Å². The zero-order chi connectivity index (χ0) is 18.4. The van der Waals surface area contributed by atoms with Gasteiger partial charge in [0, 0.05) is 29.4 Å². The van der Waals surface area contributed by atoms with Gasteiger partial charge < -0.3 is 9.47 Å². The van der Waals surface area contributed by atoms with Gasteiger partial charge in [-0.1, -0.05) is 29.8 Å². The van der Waals surface area contributed by atoms with Crippen LogP contribution < -0.4 is 0 Å². The minimum absolute atomic E-state index is 0.0507. The molecule has 1 aromatic carbocycles. The van der Waals surface area contributed by atoms with Gasteiger partial charge in [-0.25, -0.2) is 9.59 Å². The van der Waals surface area contributed by atoms with Crippen molar-refractivity contribution in [2.24, 2.45) is 0 Å². The number of nitrogens with zero attached hydrogens (tertiary/aromatic N) is 1. The molecule has 0 aromatic heterocycles. The van der Waals surface area contributed by atoms with Crippen molar-refractivity contribution in [1.82, 2.24) is 4.90 Å². The summed E-state index contributed by atoms with van der Waals surface area (Å²) in [5.74, 6) is -0.785. The first-order chi connectivity index (χ1) is 12.0. The summed E-state index contributed by atoms with van der Waals surface area (Å²) in [5.41, 5.74) is 1.50. The van der Waals surface area contributed by atoms with Crippen LogP contribution in [-0.4, -0.2) is 48.9 Å². The van der Waals surface area contributed by atoms with Crippen LogP contribution in [0, 0.1) is 0 Å². The molecular formula is C18H22ClNO4S. The van der Waals surface area contributed by atoms with Crippen LogP contribution in [0.1, 0.15) is 24.9 Å². The molecule has 2 rings (SSSR count). The summed E-state index contributed by atoms with van der Waals surface area (Å²) in [6.45, 7) is 3.12. The summed E-state index contributed by atoms with van der Waals surface area (Å²) >= 11 is 10.8. The molecule has 25 heavy (non-hydrogen) atoms. The Balaban J connectivity index is 2.30. The van der Waals surface area contributed by atoms with Gasteiger partial charge in [-0.15, -0.1) is 0 Å². The van der Waals surface area contributed by atoms with Crippen LogP contribution in [0.25, 0.3) is 0 Å². The second-order valence-electron chi connectivity index (χ2n) is 5.69. The average molecular weight is 384 g/mol. The fraction of sp³-hybridized carbons (Fsp3) is 0.444. The summed E-state index contributed by atoms with van der Waals surface area (Å²) in [4.78, 5) is 26.2. The number of hydrogen-bond donors (Lipinski definition) is 1. The topological polar surface area (TPSA) is 55.8 Å². The Labute approximate surface area is 158 Å². The van der Waals surface area contributed by atoms with Crippen molar-refractivity contribution in [2.75, 3.05) is 26.8 Å². The maximum atomic E-state index is 12.4. The first-order valence-corrected chi connectivity index (χ1v) is 8.99. The van der Waals surface area contributed by atoms with E-state index in [-0.39, 0.29) is 11.2 Å². The van der Waals surface area contributed by atoms with Crippen LogP contribution in [0.15, 0.2) is 35.9 Å². The molecule has 7 heteroatoms. The Bertz CT molecular complexity index is 664. The fourth-order valence-electron chi connectivity index (χ4n) is 2.87. The van der Waals surface area contributed by atoms with E-state index in [4.69, 9.17) is 21.1 Å². The van der Waals surface area contributed by atoms with Crippen molar-refractivity contribution in [1.29, 1.82) is 0 Å².